The largest absolute Gasteiger partial charge is 0.710 e. The molecule has 0 atom stereocenters. The molecule has 0 unspecified atom stereocenters. The van der Waals surface area contributed by atoms with Gasteiger partial charge in [-0.1, -0.05) is 6.07 Å². The molecule has 0 fully saturated rings. The number of phenolic OH excluding ortho intramolecular Hbond substituents is 1. The van der Waals surface area contributed by atoms with Crippen molar-refractivity contribution in [3.63, 3.8) is 0 Å². The van der Waals surface area contributed by atoms with Crippen LogP contribution in [0.3, 0.4) is 0 Å². The molecule has 0 aliphatic carbocycles. The zero-order valence-corrected chi connectivity index (χ0v) is 10.7. The van der Waals surface area contributed by atoms with Crippen molar-refractivity contribution in [2.24, 2.45) is 10.2 Å². The lowest BCUT2D eigenvalue weighted by molar-refractivity contribution is -0.591. The number of aromatic nitrogens is 1. The van der Waals surface area contributed by atoms with Gasteiger partial charge in [0.25, 0.3) is 0 Å². The van der Waals surface area contributed by atoms with Gasteiger partial charge in [0.1, 0.15) is 5.75 Å². The van der Waals surface area contributed by atoms with E-state index in [1.807, 2.05) is 25.1 Å². The third kappa shape index (κ3) is 2.98. The first kappa shape index (κ1) is 12.8. The fourth-order valence-corrected chi connectivity index (χ4v) is 1.48. The molecular formula is C13H14N4O2. The Labute approximate surface area is 110 Å². The summed E-state index contributed by atoms with van der Waals surface area (Å²) in [6, 6.07) is 9.88. The highest BCUT2D eigenvalue weighted by Gasteiger charge is 2.07. The summed E-state index contributed by atoms with van der Waals surface area (Å²) < 4.78 is 0.606. The number of nitrogens with zero attached hydrogens (tertiary/aromatic N) is 4. The van der Waals surface area contributed by atoms with E-state index in [1.165, 1.54) is 6.20 Å². The van der Waals surface area contributed by atoms with E-state index in [0.717, 1.165) is 5.69 Å². The van der Waals surface area contributed by atoms with Gasteiger partial charge in [0.05, 0.1) is 11.3 Å². The molecular weight excluding hydrogens is 244 g/mol. The highest BCUT2D eigenvalue weighted by molar-refractivity contribution is 5.60. The van der Waals surface area contributed by atoms with Gasteiger partial charge in [-0.25, -0.2) is 4.73 Å². The standard InChI is InChI=1S/C13H14N4O2/c1-16(2)10-6-7-11(12(18)9-10)14-15-13-5-3-4-8-17(13)19/h3-9,18H,1-2H3/b15-14+. The fraction of sp³-hybridized carbons (Fsp3) is 0.154. The van der Waals surface area contributed by atoms with Gasteiger partial charge in [-0.05, 0) is 23.3 Å². The zero-order chi connectivity index (χ0) is 13.8. The van der Waals surface area contributed by atoms with Crippen LogP contribution in [0, 0.1) is 5.21 Å². The van der Waals surface area contributed by atoms with E-state index in [-0.39, 0.29) is 11.6 Å². The van der Waals surface area contributed by atoms with Gasteiger partial charge in [-0.2, -0.15) is 0 Å². The average Bonchev–Trinajstić information content (AvgIpc) is 2.39. The maximum absolute atomic E-state index is 11.4. The molecule has 0 radical (unpaired) electrons. The summed E-state index contributed by atoms with van der Waals surface area (Å²) in [6.45, 7) is 0. The van der Waals surface area contributed by atoms with E-state index in [0.29, 0.717) is 10.4 Å². The first-order chi connectivity index (χ1) is 9.08. The summed E-state index contributed by atoms with van der Waals surface area (Å²) in [6.07, 6.45) is 1.34. The van der Waals surface area contributed by atoms with E-state index < -0.39 is 0 Å². The number of anilines is 1. The molecule has 98 valence electrons. The van der Waals surface area contributed by atoms with Gasteiger partial charge in [0, 0.05) is 31.9 Å². The fourth-order valence-electron chi connectivity index (χ4n) is 1.48. The SMILES string of the molecule is CN(C)c1ccc(/N=N/c2cccc[n+]2[O-])c(O)c1. The van der Waals surface area contributed by atoms with Crippen molar-refractivity contribution in [1.82, 2.24) is 0 Å². The Hall–Kier alpha value is -2.63. The van der Waals surface area contributed by atoms with Crippen LogP contribution in [0.25, 0.3) is 0 Å². The molecule has 0 spiro atoms. The maximum atomic E-state index is 11.4. The number of rotatable bonds is 3. The molecule has 2 rings (SSSR count). The lowest BCUT2D eigenvalue weighted by Crippen LogP contribution is -2.24. The molecule has 19 heavy (non-hydrogen) atoms. The number of aromatic hydroxyl groups is 1. The van der Waals surface area contributed by atoms with Crippen LogP contribution >= 0.6 is 0 Å². The number of hydrogen-bond acceptors (Lipinski definition) is 5. The van der Waals surface area contributed by atoms with Gasteiger partial charge in [0.2, 0.25) is 0 Å². The summed E-state index contributed by atoms with van der Waals surface area (Å²) in [7, 11) is 3.75. The summed E-state index contributed by atoms with van der Waals surface area (Å²) in [4.78, 5) is 1.86. The Morgan fingerprint density at radius 1 is 1.16 bits per heavy atom. The summed E-state index contributed by atoms with van der Waals surface area (Å²) in [5, 5.41) is 28.9. The van der Waals surface area contributed by atoms with E-state index in [4.69, 9.17) is 0 Å². The minimum Gasteiger partial charge on any atom is -0.710 e. The van der Waals surface area contributed by atoms with Gasteiger partial charge < -0.3 is 15.2 Å². The minimum absolute atomic E-state index is 0.0170. The van der Waals surface area contributed by atoms with Gasteiger partial charge in [-0.3, -0.25) is 0 Å². The quantitative estimate of drug-likeness (QED) is 0.522. The average molecular weight is 258 g/mol. The second-order valence-electron chi connectivity index (χ2n) is 4.15. The van der Waals surface area contributed by atoms with Gasteiger partial charge in [-0.15, -0.1) is 0 Å². The molecule has 0 amide bonds. The molecule has 0 saturated heterocycles. The van der Waals surface area contributed by atoms with E-state index in [1.54, 1.807) is 30.3 Å². The first-order valence-corrected chi connectivity index (χ1v) is 5.68. The van der Waals surface area contributed by atoms with Crippen molar-refractivity contribution in [3.8, 4) is 5.75 Å². The lowest BCUT2D eigenvalue weighted by atomic mass is 10.2. The normalized spacial score (nSPS) is 10.8. The van der Waals surface area contributed by atoms with Crippen LogP contribution in [-0.4, -0.2) is 19.2 Å². The molecule has 0 aliphatic heterocycles. The second-order valence-corrected chi connectivity index (χ2v) is 4.15. The first-order valence-electron chi connectivity index (χ1n) is 5.68. The minimum atomic E-state index is 0.0170. The van der Waals surface area contributed by atoms with Crippen LogP contribution in [0.5, 0.6) is 5.75 Å². The summed E-state index contributed by atoms with van der Waals surface area (Å²) >= 11 is 0. The van der Waals surface area contributed by atoms with Crippen LogP contribution in [-0.2, 0) is 0 Å². The Morgan fingerprint density at radius 3 is 2.58 bits per heavy atom. The monoisotopic (exact) mass is 258 g/mol. The predicted octanol–water partition coefficient (Wildman–Crippen LogP) is 2.51. The number of azo groups is 1. The van der Waals surface area contributed by atoms with E-state index in [2.05, 4.69) is 10.2 Å². The van der Waals surface area contributed by atoms with Crippen molar-refractivity contribution in [3.05, 3.63) is 47.8 Å². The second kappa shape index (κ2) is 5.34. The molecule has 0 bridgehead atoms. The third-order valence-electron chi connectivity index (χ3n) is 2.54. The number of hydrogen-bond donors (Lipinski definition) is 1. The highest BCUT2D eigenvalue weighted by Crippen LogP contribution is 2.31. The third-order valence-corrected chi connectivity index (χ3v) is 2.54. The predicted molar refractivity (Wildman–Crippen MR) is 72.0 cm³/mol. The Kier molecular flexibility index (Phi) is 3.61. The molecule has 1 N–H and O–H groups in total. The van der Waals surface area contributed by atoms with E-state index >= 15 is 0 Å². The number of pyridine rings is 1. The van der Waals surface area contributed by atoms with Crippen LogP contribution < -0.4 is 9.63 Å². The van der Waals surface area contributed by atoms with Crippen LogP contribution in [0.15, 0.2) is 52.8 Å². The Balaban J connectivity index is 2.27. The number of phenols is 1. The summed E-state index contributed by atoms with van der Waals surface area (Å²) in [5.74, 6) is 0.182. The molecule has 2 aromatic rings. The topological polar surface area (TPSA) is 75.1 Å². The molecule has 0 saturated carbocycles. The van der Waals surface area contributed by atoms with Crippen molar-refractivity contribution in [1.29, 1.82) is 0 Å². The molecule has 0 aliphatic rings. The summed E-state index contributed by atoms with van der Waals surface area (Å²) in [5.41, 5.74) is 1.17. The maximum Gasteiger partial charge on any atom is 0.353 e. The van der Waals surface area contributed by atoms with Crippen molar-refractivity contribution >= 4 is 17.2 Å². The lowest BCUT2D eigenvalue weighted by Gasteiger charge is -2.12. The Bertz CT molecular complexity index is 611. The van der Waals surface area contributed by atoms with E-state index in [9.17, 15) is 10.3 Å². The molecule has 1 heterocycles. The van der Waals surface area contributed by atoms with Crippen LogP contribution in [0.2, 0.25) is 0 Å². The Morgan fingerprint density at radius 2 is 1.95 bits per heavy atom. The van der Waals surface area contributed by atoms with Gasteiger partial charge >= 0.3 is 5.82 Å². The molecule has 1 aromatic heterocycles. The smallest absolute Gasteiger partial charge is 0.353 e. The number of benzene rings is 1. The molecule has 6 nitrogen and oxygen atoms in total. The van der Waals surface area contributed by atoms with Crippen LogP contribution in [0.1, 0.15) is 0 Å². The zero-order valence-electron chi connectivity index (χ0n) is 10.7. The van der Waals surface area contributed by atoms with Gasteiger partial charge in [0.15, 0.2) is 5.69 Å². The van der Waals surface area contributed by atoms with Crippen molar-refractivity contribution in [2.45, 2.75) is 0 Å². The molecule has 6 heteroatoms. The van der Waals surface area contributed by atoms with Crippen molar-refractivity contribution < 1.29 is 9.84 Å². The highest BCUT2D eigenvalue weighted by atomic mass is 16.5. The van der Waals surface area contributed by atoms with Crippen molar-refractivity contribution in [2.75, 3.05) is 19.0 Å². The van der Waals surface area contributed by atoms with Crippen LogP contribution in [0.4, 0.5) is 17.2 Å². The molecule has 1 aromatic carbocycles.